The van der Waals surface area contributed by atoms with E-state index in [2.05, 4.69) is 55.0 Å². The van der Waals surface area contributed by atoms with Gasteiger partial charge in [0.15, 0.2) is 0 Å². The van der Waals surface area contributed by atoms with E-state index in [9.17, 15) is 0 Å². The van der Waals surface area contributed by atoms with Crippen molar-refractivity contribution in [3.8, 4) is 0 Å². The molecular formula is C17H31N3. The Bertz CT molecular complexity index is 353. The zero-order chi connectivity index (χ0) is 14.8. The summed E-state index contributed by atoms with van der Waals surface area (Å²) in [5.41, 5.74) is 1.51. The van der Waals surface area contributed by atoms with Gasteiger partial charge >= 0.3 is 0 Å². The number of aromatic nitrogens is 1. The van der Waals surface area contributed by atoms with Gasteiger partial charge in [-0.05, 0) is 37.1 Å². The third-order valence-electron chi connectivity index (χ3n) is 3.82. The minimum Gasteiger partial charge on any atom is -0.316 e. The average Bonchev–Trinajstić information content (AvgIpc) is 2.46. The van der Waals surface area contributed by atoms with Gasteiger partial charge in [-0.3, -0.25) is 9.88 Å². The Morgan fingerprint density at radius 2 is 2.05 bits per heavy atom. The first-order chi connectivity index (χ1) is 9.63. The monoisotopic (exact) mass is 277 g/mol. The molecule has 0 saturated heterocycles. The van der Waals surface area contributed by atoms with E-state index >= 15 is 0 Å². The molecule has 0 bridgehead atoms. The lowest BCUT2D eigenvalue weighted by Gasteiger charge is -2.35. The summed E-state index contributed by atoms with van der Waals surface area (Å²) < 4.78 is 0. The lowest BCUT2D eigenvalue weighted by molar-refractivity contribution is 0.148. The van der Waals surface area contributed by atoms with Gasteiger partial charge in [-0.25, -0.2) is 0 Å². The summed E-state index contributed by atoms with van der Waals surface area (Å²) in [4.78, 5) is 6.96. The van der Waals surface area contributed by atoms with Crippen LogP contribution >= 0.6 is 0 Å². The van der Waals surface area contributed by atoms with Gasteiger partial charge in [0.05, 0.1) is 5.69 Å². The highest BCUT2D eigenvalue weighted by molar-refractivity contribution is 5.03. The first-order valence-electron chi connectivity index (χ1n) is 7.96. The van der Waals surface area contributed by atoms with Crippen LogP contribution in [0.15, 0.2) is 24.4 Å². The Kier molecular flexibility index (Phi) is 7.78. The Balaban J connectivity index is 2.63. The van der Waals surface area contributed by atoms with Crippen molar-refractivity contribution in [2.24, 2.45) is 5.41 Å². The predicted molar refractivity (Wildman–Crippen MR) is 86.7 cm³/mol. The Morgan fingerprint density at radius 1 is 1.25 bits per heavy atom. The summed E-state index contributed by atoms with van der Waals surface area (Å²) in [6, 6.07) is 6.16. The van der Waals surface area contributed by atoms with E-state index in [0.717, 1.165) is 38.4 Å². The van der Waals surface area contributed by atoms with E-state index in [1.54, 1.807) is 0 Å². The van der Waals surface area contributed by atoms with Gasteiger partial charge in [0.1, 0.15) is 0 Å². The van der Waals surface area contributed by atoms with Gasteiger partial charge in [0.2, 0.25) is 0 Å². The quantitative estimate of drug-likeness (QED) is 0.711. The smallest absolute Gasteiger partial charge is 0.0543 e. The van der Waals surface area contributed by atoms with Crippen molar-refractivity contribution in [1.29, 1.82) is 0 Å². The van der Waals surface area contributed by atoms with E-state index < -0.39 is 0 Å². The minimum atomic E-state index is 0.343. The normalized spacial score (nSPS) is 14.4. The second kappa shape index (κ2) is 9.09. The molecule has 0 aliphatic rings. The van der Waals surface area contributed by atoms with Gasteiger partial charge in [-0.15, -0.1) is 0 Å². The van der Waals surface area contributed by atoms with Crippen LogP contribution in [-0.4, -0.2) is 36.1 Å². The average molecular weight is 277 g/mol. The summed E-state index contributed by atoms with van der Waals surface area (Å²) in [5, 5.41) is 3.52. The summed E-state index contributed by atoms with van der Waals surface area (Å²) in [7, 11) is 0. The van der Waals surface area contributed by atoms with E-state index in [4.69, 9.17) is 0 Å². The molecule has 1 atom stereocenters. The molecule has 0 spiro atoms. The van der Waals surface area contributed by atoms with Crippen molar-refractivity contribution < 1.29 is 0 Å². The minimum absolute atomic E-state index is 0.343. The fraction of sp³-hybridized carbons (Fsp3) is 0.706. The maximum Gasteiger partial charge on any atom is 0.0543 e. The molecule has 0 amide bonds. The molecule has 1 heterocycles. The van der Waals surface area contributed by atoms with Gasteiger partial charge < -0.3 is 5.32 Å². The Hall–Kier alpha value is -0.930. The van der Waals surface area contributed by atoms with Crippen LogP contribution in [0.25, 0.3) is 0 Å². The van der Waals surface area contributed by atoms with E-state index in [1.165, 1.54) is 12.8 Å². The molecule has 3 heteroatoms. The van der Waals surface area contributed by atoms with Crippen molar-refractivity contribution in [2.75, 3.05) is 26.2 Å². The van der Waals surface area contributed by atoms with Crippen LogP contribution in [0, 0.1) is 5.41 Å². The van der Waals surface area contributed by atoms with Crippen LogP contribution in [0.2, 0.25) is 0 Å². The molecule has 1 aromatic rings. The van der Waals surface area contributed by atoms with E-state index in [0.29, 0.717) is 5.41 Å². The zero-order valence-corrected chi connectivity index (χ0v) is 13.7. The molecule has 1 unspecified atom stereocenters. The first-order valence-corrected chi connectivity index (χ1v) is 7.96. The van der Waals surface area contributed by atoms with Crippen molar-refractivity contribution in [2.45, 2.75) is 47.1 Å². The molecule has 0 aliphatic heterocycles. The van der Waals surface area contributed by atoms with Crippen LogP contribution in [0.4, 0.5) is 0 Å². The molecule has 3 nitrogen and oxygen atoms in total. The molecule has 0 aromatic carbocycles. The topological polar surface area (TPSA) is 28.2 Å². The summed E-state index contributed by atoms with van der Waals surface area (Å²) >= 11 is 0. The third kappa shape index (κ3) is 6.02. The van der Waals surface area contributed by atoms with Gasteiger partial charge in [-0.2, -0.15) is 0 Å². The Morgan fingerprint density at radius 3 is 2.60 bits per heavy atom. The van der Waals surface area contributed by atoms with Gasteiger partial charge in [0.25, 0.3) is 0 Å². The number of hydrogen-bond donors (Lipinski definition) is 1. The van der Waals surface area contributed by atoms with Gasteiger partial charge in [-0.1, -0.05) is 40.2 Å². The van der Waals surface area contributed by atoms with Crippen molar-refractivity contribution in [1.82, 2.24) is 15.2 Å². The first kappa shape index (κ1) is 17.1. The van der Waals surface area contributed by atoms with Crippen LogP contribution in [-0.2, 0) is 6.54 Å². The maximum atomic E-state index is 4.45. The van der Waals surface area contributed by atoms with Crippen LogP contribution < -0.4 is 5.32 Å². The second-order valence-corrected chi connectivity index (χ2v) is 5.97. The highest BCUT2D eigenvalue weighted by atomic mass is 15.1. The SMILES string of the molecule is CCCC(C)(CNCC)CN(CC)Cc1ccccn1. The lowest BCUT2D eigenvalue weighted by Crippen LogP contribution is -2.42. The van der Waals surface area contributed by atoms with Crippen molar-refractivity contribution >= 4 is 0 Å². The molecule has 0 saturated carbocycles. The molecule has 1 rings (SSSR count). The zero-order valence-electron chi connectivity index (χ0n) is 13.7. The molecule has 0 aliphatic carbocycles. The number of hydrogen-bond acceptors (Lipinski definition) is 3. The molecular weight excluding hydrogens is 246 g/mol. The molecule has 0 fully saturated rings. The lowest BCUT2D eigenvalue weighted by atomic mass is 9.84. The van der Waals surface area contributed by atoms with Crippen LogP contribution in [0.5, 0.6) is 0 Å². The summed E-state index contributed by atoms with van der Waals surface area (Å²) in [6.07, 6.45) is 4.38. The largest absolute Gasteiger partial charge is 0.316 e. The standard InChI is InChI=1S/C17H31N3/c1-5-11-17(4,14-18-6-2)15-20(7-3)13-16-10-8-9-12-19-16/h8-10,12,18H,5-7,11,13-15H2,1-4H3. The molecule has 1 N–H and O–H groups in total. The highest BCUT2D eigenvalue weighted by Gasteiger charge is 2.25. The van der Waals surface area contributed by atoms with Crippen molar-refractivity contribution in [3.63, 3.8) is 0 Å². The maximum absolute atomic E-state index is 4.45. The van der Waals surface area contributed by atoms with Gasteiger partial charge in [0, 0.05) is 25.8 Å². The summed E-state index contributed by atoms with van der Waals surface area (Å²) in [6.45, 7) is 14.4. The summed E-state index contributed by atoms with van der Waals surface area (Å²) in [5.74, 6) is 0. The van der Waals surface area contributed by atoms with Crippen LogP contribution in [0.1, 0.15) is 46.2 Å². The molecule has 1 aromatic heterocycles. The van der Waals surface area contributed by atoms with Crippen LogP contribution in [0.3, 0.4) is 0 Å². The second-order valence-electron chi connectivity index (χ2n) is 5.97. The molecule has 20 heavy (non-hydrogen) atoms. The number of pyridine rings is 1. The van der Waals surface area contributed by atoms with E-state index in [-0.39, 0.29) is 0 Å². The fourth-order valence-corrected chi connectivity index (χ4v) is 2.79. The third-order valence-corrected chi connectivity index (χ3v) is 3.82. The number of nitrogens with one attached hydrogen (secondary N) is 1. The highest BCUT2D eigenvalue weighted by Crippen LogP contribution is 2.24. The number of rotatable bonds is 10. The Labute approximate surface area is 124 Å². The van der Waals surface area contributed by atoms with Crippen molar-refractivity contribution in [3.05, 3.63) is 30.1 Å². The fourth-order valence-electron chi connectivity index (χ4n) is 2.79. The predicted octanol–water partition coefficient (Wildman–Crippen LogP) is 3.32. The van der Waals surface area contributed by atoms with E-state index in [1.807, 2.05) is 12.3 Å². The number of nitrogens with zero attached hydrogens (tertiary/aromatic N) is 2. The molecule has 0 radical (unpaired) electrons. The molecule has 114 valence electrons.